The van der Waals surface area contributed by atoms with Crippen LogP contribution in [0.25, 0.3) is 0 Å². The Morgan fingerprint density at radius 3 is 2.89 bits per heavy atom. The van der Waals surface area contributed by atoms with E-state index in [4.69, 9.17) is 9.47 Å². The van der Waals surface area contributed by atoms with E-state index in [-0.39, 0.29) is 22.6 Å². The van der Waals surface area contributed by atoms with Gasteiger partial charge in [-0.2, -0.15) is 0 Å². The summed E-state index contributed by atoms with van der Waals surface area (Å²) in [5, 5.41) is 7.55. The second-order valence-corrected chi connectivity index (χ2v) is 5.16. The van der Waals surface area contributed by atoms with Crippen LogP contribution < -0.4 is 4.74 Å². The summed E-state index contributed by atoms with van der Waals surface area (Å²) in [6, 6.07) is 4.09. The molecule has 1 aromatic heterocycles. The maximum atomic E-state index is 13.1. The largest absolute Gasteiger partial charge is 0.461 e. The molecule has 0 saturated carbocycles. The van der Waals surface area contributed by atoms with Crippen molar-refractivity contribution in [2.24, 2.45) is 0 Å². The fourth-order valence-corrected chi connectivity index (χ4v) is 2.27. The average molecular weight is 347 g/mol. The van der Waals surface area contributed by atoms with E-state index in [0.717, 1.165) is 11.3 Å². The van der Waals surface area contributed by atoms with E-state index in [9.17, 15) is 9.18 Å². The van der Waals surface area contributed by atoms with Crippen molar-refractivity contribution in [3.63, 3.8) is 0 Å². The summed E-state index contributed by atoms with van der Waals surface area (Å²) < 4.78 is 23.8. The highest BCUT2D eigenvalue weighted by Gasteiger charge is 2.15. The highest BCUT2D eigenvalue weighted by Crippen LogP contribution is 2.28. The van der Waals surface area contributed by atoms with Gasteiger partial charge in [-0.3, -0.25) is 0 Å². The molecule has 2 aromatic rings. The van der Waals surface area contributed by atoms with Crippen molar-refractivity contribution in [3.05, 3.63) is 33.5 Å². The average Bonchev–Trinajstić information content (AvgIpc) is 2.76. The van der Waals surface area contributed by atoms with Crippen LogP contribution in [-0.2, 0) is 4.74 Å². The first-order chi connectivity index (χ1) is 9.08. The third kappa shape index (κ3) is 3.71. The summed E-state index contributed by atoms with van der Waals surface area (Å²) in [7, 11) is 0. The first-order valence-electron chi connectivity index (χ1n) is 5.23. The third-order valence-corrected chi connectivity index (χ3v) is 3.14. The summed E-state index contributed by atoms with van der Waals surface area (Å²) in [4.78, 5) is 11.4. The van der Waals surface area contributed by atoms with Crippen molar-refractivity contribution < 1.29 is 18.7 Å². The van der Waals surface area contributed by atoms with Crippen LogP contribution in [0.3, 0.4) is 0 Å². The van der Waals surface area contributed by atoms with Crippen molar-refractivity contribution in [2.45, 2.75) is 6.92 Å². The zero-order valence-corrected chi connectivity index (χ0v) is 12.1. The molecule has 0 amide bonds. The van der Waals surface area contributed by atoms with Crippen molar-refractivity contribution >= 4 is 33.2 Å². The smallest absolute Gasteiger partial charge is 0.369 e. The van der Waals surface area contributed by atoms with Gasteiger partial charge in [-0.05, 0) is 30.4 Å². The number of ether oxygens (including phenoxy) is 2. The Morgan fingerprint density at radius 1 is 1.42 bits per heavy atom. The zero-order chi connectivity index (χ0) is 13.8. The van der Waals surface area contributed by atoms with Gasteiger partial charge >= 0.3 is 5.97 Å². The fraction of sp³-hybridized carbons (Fsp3) is 0.182. The Bertz CT molecular complexity index is 585. The van der Waals surface area contributed by atoms with Gasteiger partial charge in [-0.1, -0.05) is 21.0 Å². The summed E-state index contributed by atoms with van der Waals surface area (Å²) in [6.45, 7) is 1.95. The molecular formula is C11H8BrFN2O3S. The fourth-order valence-electron chi connectivity index (χ4n) is 1.21. The van der Waals surface area contributed by atoms with Gasteiger partial charge in [0, 0.05) is 10.5 Å². The number of aromatic nitrogens is 2. The van der Waals surface area contributed by atoms with Crippen LogP contribution in [0.5, 0.6) is 10.9 Å². The van der Waals surface area contributed by atoms with Gasteiger partial charge in [-0.25, -0.2) is 9.18 Å². The maximum absolute atomic E-state index is 13.1. The van der Waals surface area contributed by atoms with E-state index in [0.29, 0.717) is 4.47 Å². The van der Waals surface area contributed by atoms with Crippen molar-refractivity contribution in [1.29, 1.82) is 0 Å². The third-order valence-electron chi connectivity index (χ3n) is 1.90. The SMILES string of the molecule is CCOC(=O)c1nnc(Oc2cc(F)cc(Br)c2)s1. The van der Waals surface area contributed by atoms with Gasteiger partial charge in [0.1, 0.15) is 11.6 Å². The lowest BCUT2D eigenvalue weighted by molar-refractivity contribution is 0.0525. The Hall–Kier alpha value is -1.54. The minimum atomic E-state index is -0.560. The highest BCUT2D eigenvalue weighted by atomic mass is 79.9. The second kappa shape index (κ2) is 6.07. The van der Waals surface area contributed by atoms with Crippen molar-refractivity contribution in [2.75, 3.05) is 6.61 Å². The van der Waals surface area contributed by atoms with Gasteiger partial charge in [0.2, 0.25) is 5.01 Å². The molecule has 5 nitrogen and oxygen atoms in total. The molecule has 0 spiro atoms. The molecule has 0 N–H and O–H groups in total. The molecule has 0 radical (unpaired) electrons. The van der Waals surface area contributed by atoms with Crippen molar-refractivity contribution in [3.8, 4) is 10.9 Å². The molecule has 0 unspecified atom stereocenters. The standard InChI is InChI=1S/C11H8BrFN2O3S/c1-2-17-10(16)9-14-15-11(19-9)18-8-4-6(12)3-7(13)5-8/h3-5H,2H2,1H3. The van der Waals surface area contributed by atoms with E-state index >= 15 is 0 Å². The quantitative estimate of drug-likeness (QED) is 0.794. The molecule has 8 heteroatoms. The van der Waals surface area contributed by atoms with E-state index < -0.39 is 11.8 Å². The predicted molar refractivity (Wildman–Crippen MR) is 70.0 cm³/mol. The van der Waals surface area contributed by atoms with E-state index in [1.165, 1.54) is 12.1 Å². The predicted octanol–water partition coefficient (Wildman–Crippen LogP) is 3.41. The lowest BCUT2D eigenvalue weighted by Gasteiger charge is -2.01. The van der Waals surface area contributed by atoms with Crippen LogP contribution >= 0.6 is 27.3 Å². The number of rotatable bonds is 4. The highest BCUT2D eigenvalue weighted by molar-refractivity contribution is 9.10. The number of halogens is 2. The molecule has 0 aliphatic heterocycles. The minimum absolute atomic E-state index is 0.0901. The van der Waals surface area contributed by atoms with E-state index in [2.05, 4.69) is 26.1 Å². The van der Waals surface area contributed by atoms with Crippen LogP contribution in [0.4, 0.5) is 4.39 Å². The molecule has 1 aromatic carbocycles. The number of hydrogen-bond acceptors (Lipinski definition) is 6. The molecule has 0 saturated heterocycles. The van der Waals surface area contributed by atoms with Crippen LogP contribution in [0.1, 0.15) is 16.7 Å². The Balaban J connectivity index is 2.13. The number of hydrogen-bond donors (Lipinski definition) is 0. The topological polar surface area (TPSA) is 61.3 Å². The summed E-state index contributed by atoms with van der Waals surface area (Å²) in [5.41, 5.74) is 0. The van der Waals surface area contributed by atoms with Gasteiger partial charge in [-0.15, -0.1) is 5.10 Å². The molecule has 0 atom stereocenters. The molecule has 1 heterocycles. The van der Waals surface area contributed by atoms with Crippen molar-refractivity contribution in [1.82, 2.24) is 10.2 Å². The minimum Gasteiger partial charge on any atom is -0.461 e. The number of carbonyl (C=O) groups excluding carboxylic acids is 1. The Labute approximate surface area is 120 Å². The van der Waals surface area contributed by atoms with E-state index in [1.807, 2.05) is 0 Å². The van der Waals surface area contributed by atoms with Gasteiger partial charge < -0.3 is 9.47 Å². The Kier molecular flexibility index (Phi) is 4.43. The van der Waals surface area contributed by atoms with Crippen LogP contribution in [0.15, 0.2) is 22.7 Å². The normalized spacial score (nSPS) is 10.3. The monoisotopic (exact) mass is 346 g/mol. The zero-order valence-electron chi connectivity index (χ0n) is 9.72. The summed E-state index contributed by atoms with van der Waals surface area (Å²) in [6.07, 6.45) is 0. The first kappa shape index (κ1) is 13.9. The lowest BCUT2D eigenvalue weighted by Crippen LogP contribution is -2.03. The van der Waals surface area contributed by atoms with Gasteiger partial charge in [0.15, 0.2) is 0 Å². The molecule has 0 aliphatic rings. The molecule has 2 rings (SSSR count). The van der Waals surface area contributed by atoms with Crippen LogP contribution in [-0.4, -0.2) is 22.8 Å². The molecule has 0 bridgehead atoms. The van der Waals surface area contributed by atoms with Gasteiger partial charge in [0.05, 0.1) is 6.61 Å². The number of carbonyl (C=O) groups is 1. The van der Waals surface area contributed by atoms with Gasteiger partial charge in [0.25, 0.3) is 5.19 Å². The number of esters is 1. The summed E-state index contributed by atoms with van der Waals surface area (Å²) >= 11 is 4.08. The maximum Gasteiger partial charge on any atom is 0.369 e. The molecular weight excluding hydrogens is 339 g/mol. The van der Waals surface area contributed by atoms with Crippen LogP contribution in [0.2, 0.25) is 0 Å². The molecule has 19 heavy (non-hydrogen) atoms. The first-order valence-corrected chi connectivity index (χ1v) is 6.84. The molecule has 0 fully saturated rings. The molecule has 0 aliphatic carbocycles. The summed E-state index contributed by atoms with van der Waals surface area (Å²) in [5.74, 6) is -0.742. The van der Waals surface area contributed by atoms with E-state index in [1.54, 1.807) is 13.0 Å². The lowest BCUT2D eigenvalue weighted by atomic mass is 10.3. The molecule has 100 valence electrons. The number of nitrogens with zero attached hydrogens (tertiary/aromatic N) is 2. The second-order valence-electron chi connectivity index (χ2n) is 3.30. The number of benzene rings is 1. The van der Waals surface area contributed by atoms with Crippen LogP contribution in [0, 0.1) is 5.82 Å². The Morgan fingerprint density at radius 2 is 2.21 bits per heavy atom.